The van der Waals surface area contributed by atoms with Crippen molar-refractivity contribution in [2.75, 3.05) is 12.0 Å². The highest BCUT2D eigenvalue weighted by atomic mass is 16.8. The number of benzene rings is 1. The second-order valence-corrected chi connectivity index (χ2v) is 6.32. The largest absolute Gasteiger partial charge is 0.435 e. The topological polar surface area (TPSA) is 42.0 Å². The fourth-order valence-corrected chi connectivity index (χ4v) is 3.62. The molecule has 2 aliphatic heterocycles. The van der Waals surface area contributed by atoms with Gasteiger partial charge in [0.05, 0.1) is 0 Å². The number of amides is 1. The Labute approximate surface area is 119 Å². The average molecular weight is 276 g/mol. The van der Waals surface area contributed by atoms with Gasteiger partial charge in [0.15, 0.2) is 6.23 Å². The summed E-state index contributed by atoms with van der Waals surface area (Å²) >= 11 is 0. The standard InChI is InChI=1S/C15H20N2O3/c1-14(2)10-15(3)16(11-8-6-5-7-9-11)13(18)20-17(15)12(14)19-4/h5-9,12H,10H2,1-4H3/t12-,15+/m0/s1. The van der Waals surface area contributed by atoms with Gasteiger partial charge in [-0.05, 0) is 25.5 Å². The molecule has 1 aromatic rings. The molecule has 1 aromatic carbocycles. The molecule has 5 nitrogen and oxygen atoms in total. The van der Waals surface area contributed by atoms with Crippen molar-refractivity contribution in [1.29, 1.82) is 0 Å². The first-order valence-corrected chi connectivity index (χ1v) is 6.79. The molecule has 20 heavy (non-hydrogen) atoms. The Balaban J connectivity index is 2.04. The monoisotopic (exact) mass is 276 g/mol. The Hall–Kier alpha value is -1.59. The maximum atomic E-state index is 12.3. The summed E-state index contributed by atoms with van der Waals surface area (Å²) in [7, 11) is 1.65. The van der Waals surface area contributed by atoms with Crippen LogP contribution < -0.4 is 4.90 Å². The molecule has 2 aliphatic rings. The first kappa shape index (κ1) is 13.4. The van der Waals surface area contributed by atoms with Gasteiger partial charge in [-0.2, -0.15) is 0 Å². The van der Waals surface area contributed by atoms with E-state index in [-0.39, 0.29) is 17.7 Å². The maximum absolute atomic E-state index is 12.3. The highest BCUT2D eigenvalue weighted by molar-refractivity contribution is 5.90. The Morgan fingerprint density at radius 2 is 1.90 bits per heavy atom. The molecule has 2 atom stereocenters. The summed E-state index contributed by atoms with van der Waals surface area (Å²) in [5, 5.41) is 1.70. The summed E-state index contributed by atoms with van der Waals surface area (Å²) < 4.78 is 5.56. The number of hydrogen-bond acceptors (Lipinski definition) is 4. The van der Waals surface area contributed by atoms with Crippen molar-refractivity contribution in [2.45, 2.75) is 39.1 Å². The third-order valence-electron chi connectivity index (χ3n) is 4.23. The third-order valence-corrected chi connectivity index (χ3v) is 4.23. The molecule has 5 heteroatoms. The minimum absolute atomic E-state index is 0.1000. The molecule has 2 heterocycles. The summed E-state index contributed by atoms with van der Waals surface area (Å²) in [6.07, 6.45) is 0.181. The van der Waals surface area contributed by atoms with Crippen LogP contribution in [0.25, 0.3) is 0 Å². The number of fused-ring (bicyclic) bond motifs is 1. The van der Waals surface area contributed by atoms with Gasteiger partial charge in [0, 0.05) is 18.2 Å². The first-order chi connectivity index (χ1) is 9.40. The molecule has 0 unspecified atom stereocenters. The van der Waals surface area contributed by atoms with Gasteiger partial charge in [0.1, 0.15) is 5.66 Å². The molecule has 0 aromatic heterocycles. The molecule has 108 valence electrons. The van der Waals surface area contributed by atoms with E-state index < -0.39 is 5.66 Å². The Bertz CT molecular complexity index is 531. The molecule has 0 N–H and O–H groups in total. The summed E-state index contributed by atoms with van der Waals surface area (Å²) in [6, 6.07) is 9.61. The van der Waals surface area contributed by atoms with Gasteiger partial charge in [-0.15, -0.1) is 0 Å². The number of nitrogens with zero attached hydrogens (tertiary/aromatic N) is 2. The van der Waals surface area contributed by atoms with E-state index in [9.17, 15) is 4.79 Å². The number of methoxy groups -OCH3 is 1. The van der Waals surface area contributed by atoms with Crippen molar-refractivity contribution in [2.24, 2.45) is 5.41 Å². The number of anilines is 1. The van der Waals surface area contributed by atoms with E-state index in [1.54, 1.807) is 17.1 Å². The van der Waals surface area contributed by atoms with E-state index in [1.165, 1.54) is 0 Å². The molecule has 0 radical (unpaired) electrons. The van der Waals surface area contributed by atoms with Crippen molar-refractivity contribution < 1.29 is 14.4 Å². The molecule has 0 saturated carbocycles. The molecular weight excluding hydrogens is 256 g/mol. The lowest BCUT2D eigenvalue weighted by molar-refractivity contribution is -0.215. The smallest absolute Gasteiger partial charge is 0.363 e. The van der Waals surface area contributed by atoms with E-state index in [0.717, 1.165) is 12.1 Å². The van der Waals surface area contributed by atoms with E-state index in [2.05, 4.69) is 13.8 Å². The molecule has 0 spiro atoms. The van der Waals surface area contributed by atoms with Gasteiger partial charge in [-0.3, -0.25) is 4.90 Å². The molecule has 2 saturated heterocycles. The molecule has 0 bridgehead atoms. The van der Waals surface area contributed by atoms with Crippen LogP contribution in [0.3, 0.4) is 0 Å². The molecule has 3 rings (SSSR count). The zero-order valence-electron chi connectivity index (χ0n) is 12.3. The normalized spacial score (nSPS) is 32.3. The van der Waals surface area contributed by atoms with Crippen molar-refractivity contribution in [3.63, 3.8) is 0 Å². The fourth-order valence-electron chi connectivity index (χ4n) is 3.62. The van der Waals surface area contributed by atoms with E-state index in [4.69, 9.17) is 9.57 Å². The molecular formula is C15H20N2O3. The van der Waals surface area contributed by atoms with Gasteiger partial charge in [-0.25, -0.2) is 4.79 Å². The lowest BCUT2D eigenvalue weighted by Crippen LogP contribution is -2.49. The Morgan fingerprint density at radius 3 is 2.50 bits per heavy atom. The Kier molecular flexibility index (Phi) is 2.81. The van der Waals surface area contributed by atoms with Crippen LogP contribution in [0, 0.1) is 5.41 Å². The molecule has 2 fully saturated rings. The number of carbonyl (C=O) groups excluding carboxylic acids is 1. The summed E-state index contributed by atoms with van der Waals surface area (Å²) in [6.45, 7) is 6.27. The van der Waals surface area contributed by atoms with Crippen LogP contribution in [0.4, 0.5) is 10.5 Å². The fraction of sp³-hybridized carbons (Fsp3) is 0.533. The van der Waals surface area contributed by atoms with Crippen LogP contribution in [-0.4, -0.2) is 30.2 Å². The van der Waals surface area contributed by atoms with Crippen molar-refractivity contribution >= 4 is 11.8 Å². The zero-order valence-corrected chi connectivity index (χ0v) is 12.3. The maximum Gasteiger partial charge on any atom is 0.435 e. The molecule has 0 aliphatic carbocycles. The van der Waals surface area contributed by atoms with Crippen LogP contribution in [0.5, 0.6) is 0 Å². The number of ether oxygens (including phenoxy) is 1. The van der Waals surface area contributed by atoms with Crippen LogP contribution in [0.2, 0.25) is 0 Å². The van der Waals surface area contributed by atoms with Gasteiger partial charge < -0.3 is 9.57 Å². The first-order valence-electron chi connectivity index (χ1n) is 6.79. The lowest BCUT2D eigenvalue weighted by Gasteiger charge is -2.32. The predicted molar refractivity (Wildman–Crippen MR) is 74.8 cm³/mol. The van der Waals surface area contributed by atoms with E-state index >= 15 is 0 Å². The third kappa shape index (κ3) is 1.66. The summed E-state index contributed by atoms with van der Waals surface area (Å²) in [5.74, 6) is 0. The lowest BCUT2D eigenvalue weighted by atomic mass is 9.86. The van der Waals surface area contributed by atoms with Gasteiger partial charge in [-0.1, -0.05) is 37.1 Å². The number of hydroxylamine groups is 2. The van der Waals surface area contributed by atoms with Crippen molar-refractivity contribution in [3.8, 4) is 0 Å². The predicted octanol–water partition coefficient (Wildman–Crippen LogP) is 2.98. The summed E-state index contributed by atoms with van der Waals surface area (Å²) in [4.78, 5) is 19.5. The van der Waals surface area contributed by atoms with Crippen molar-refractivity contribution in [1.82, 2.24) is 5.06 Å². The average Bonchev–Trinajstić information content (AvgIpc) is 2.72. The van der Waals surface area contributed by atoms with Crippen LogP contribution in [0.15, 0.2) is 30.3 Å². The minimum Gasteiger partial charge on any atom is -0.363 e. The number of rotatable bonds is 2. The van der Waals surface area contributed by atoms with Crippen LogP contribution in [0.1, 0.15) is 27.2 Å². The second-order valence-electron chi connectivity index (χ2n) is 6.32. The molecule has 1 amide bonds. The summed E-state index contributed by atoms with van der Waals surface area (Å²) in [5.41, 5.74) is 0.217. The van der Waals surface area contributed by atoms with Crippen LogP contribution >= 0.6 is 0 Å². The van der Waals surface area contributed by atoms with Gasteiger partial charge in [0.2, 0.25) is 0 Å². The highest BCUT2D eigenvalue weighted by Crippen LogP contribution is 2.52. The number of carbonyl (C=O) groups is 1. The Morgan fingerprint density at radius 1 is 1.25 bits per heavy atom. The second kappa shape index (κ2) is 4.20. The number of hydrogen-bond donors (Lipinski definition) is 0. The van der Waals surface area contributed by atoms with Crippen molar-refractivity contribution in [3.05, 3.63) is 30.3 Å². The highest BCUT2D eigenvalue weighted by Gasteiger charge is 2.64. The number of para-hydroxylation sites is 1. The van der Waals surface area contributed by atoms with Gasteiger partial charge >= 0.3 is 6.09 Å². The SMILES string of the molecule is CO[C@@H]1N2OC(=O)N(c3ccccc3)[C@@]2(C)CC1(C)C. The van der Waals surface area contributed by atoms with E-state index in [1.807, 2.05) is 37.3 Å². The minimum atomic E-state index is -0.525. The quantitative estimate of drug-likeness (QED) is 0.832. The van der Waals surface area contributed by atoms with Crippen LogP contribution in [-0.2, 0) is 9.57 Å². The zero-order chi connectivity index (χ0) is 14.5. The van der Waals surface area contributed by atoms with E-state index in [0.29, 0.717) is 0 Å². The van der Waals surface area contributed by atoms with Gasteiger partial charge in [0.25, 0.3) is 0 Å².